The number of benzene rings is 2. The lowest BCUT2D eigenvalue weighted by Gasteiger charge is -2.28. The molecule has 0 amide bonds. The average molecular weight is 390 g/mol. The zero-order valence-electron chi connectivity index (χ0n) is 16.0. The lowest BCUT2D eigenvalue weighted by atomic mass is 9.89. The van der Waals surface area contributed by atoms with Crippen LogP contribution in [-0.4, -0.2) is 19.3 Å². The van der Waals surface area contributed by atoms with Gasteiger partial charge in [0.05, 0.1) is 19.3 Å². The summed E-state index contributed by atoms with van der Waals surface area (Å²) in [4.78, 5) is 0. The van der Waals surface area contributed by atoms with Crippen LogP contribution >= 0.6 is 0 Å². The molecule has 5 heteroatoms. The maximum atomic E-state index is 14.7. The van der Waals surface area contributed by atoms with Crippen LogP contribution in [0.3, 0.4) is 0 Å². The number of ether oxygens (including phenoxy) is 2. The van der Waals surface area contributed by atoms with E-state index in [1.165, 1.54) is 24.3 Å². The minimum Gasteiger partial charge on any atom is -0.493 e. The first-order valence-electron chi connectivity index (χ1n) is 9.69. The molecule has 0 saturated carbocycles. The van der Waals surface area contributed by atoms with E-state index in [-0.39, 0.29) is 28.7 Å². The molecule has 1 aliphatic rings. The number of halogens is 3. The van der Waals surface area contributed by atoms with E-state index in [2.05, 4.69) is 6.58 Å². The van der Waals surface area contributed by atoms with Crippen LogP contribution < -0.4 is 4.74 Å². The molecule has 0 bridgehead atoms. The number of rotatable bonds is 7. The molecule has 0 radical (unpaired) electrons. The lowest BCUT2D eigenvalue weighted by Crippen LogP contribution is -2.23. The zero-order valence-corrected chi connectivity index (χ0v) is 16.0. The van der Waals surface area contributed by atoms with Crippen molar-refractivity contribution in [1.29, 1.82) is 0 Å². The van der Waals surface area contributed by atoms with Crippen LogP contribution in [0.2, 0.25) is 0 Å². The van der Waals surface area contributed by atoms with Crippen molar-refractivity contribution in [3.8, 4) is 16.9 Å². The highest BCUT2D eigenvalue weighted by Gasteiger charge is 2.26. The molecule has 0 spiro atoms. The molecule has 150 valence electrons. The van der Waals surface area contributed by atoms with Crippen molar-refractivity contribution in [2.75, 3.05) is 13.2 Å². The van der Waals surface area contributed by atoms with Crippen molar-refractivity contribution in [1.82, 2.24) is 0 Å². The largest absolute Gasteiger partial charge is 0.493 e. The first-order chi connectivity index (χ1) is 13.5. The summed E-state index contributed by atoms with van der Waals surface area (Å²) in [5, 5.41) is 0. The molecule has 2 atom stereocenters. The normalized spacial score (nSPS) is 19.4. The summed E-state index contributed by atoms with van der Waals surface area (Å²) in [5.74, 6) is -2.47. The molecule has 1 saturated heterocycles. The van der Waals surface area contributed by atoms with Gasteiger partial charge < -0.3 is 9.47 Å². The van der Waals surface area contributed by atoms with E-state index in [1.54, 1.807) is 12.1 Å². The Morgan fingerprint density at radius 2 is 1.89 bits per heavy atom. The summed E-state index contributed by atoms with van der Waals surface area (Å²) in [6.07, 6.45) is 4.90. The second-order valence-corrected chi connectivity index (χ2v) is 7.06. The van der Waals surface area contributed by atoms with Crippen LogP contribution in [0, 0.1) is 17.5 Å². The Labute approximate surface area is 164 Å². The maximum absolute atomic E-state index is 14.7. The van der Waals surface area contributed by atoms with Crippen molar-refractivity contribution in [2.24, 2.45) is 0 Å². The van der Waals surface area contributed by atoms with Gasteiger partial charge in [-0.3, -0.25) is 0 Å². The van der Waals surface area contributed by atoms with Crippen LogP contribution in [0.15, 0.2) is 43.0 Å². The summed E-state index contributed by atoms with van der Waals surface area (Å²) in [6.45, 7) is 6.52. The van der Waals surface area contributed by atoms with Gasteiger partial charge in [-0.1, -0.05) is 31.6 Å². The molecule has 3 rings (SSSR count). The number of hydrogen-bond acceptors (Lipinski definition) is 2. The Balaban J connectivity index is 1.82. The molecule has 0 aliphatic carbocycles. The van der Waals surface area contributed by atoms with Crippen LogP contribution in [0.1, 0.15) is 44.1 Å². The lowest BCUT2D eigenvalue weighted by molar-refractivity contribution is 0.0320. The van der Waals surface area contributed by atoms with Crippen molar-refractivity contribution < 1.29 is 22.6 Å². The van der Waals surface area contributed by atoms with Gasteiger partial charge >= 0.3 is 0 Å². The van der Waals surface area contributed by atoms with Gasteiger partial charge in [0.2, 0.25) is 0 Å². The highest BCUT2D eigenvalue weighted by atomic mass is 19.2. The fraction of sp³-hybridized carbons (Fsp3) is 0.391. The second-order valence-electron chi connectivity index (χ2n) is 7.06. The molecule has 2 unspecified atom stereocenters. The summed E-state index contributed by atoms with van der Waals surface area (Å²) in [7, 11) is 0. The first-order valence-corrected chi connectivity index (χ1v) is 9.69. The van der Waals surface area contributed by atoms with Crippen molar-refractivity contribution >= 4 is 0 Å². The zero-order chi connectivity index (χ0) is 20.1. The molecule has 2 aromatic rings. The highest BCUT2D eigenvalue weighted by Crippen LogP contribution is 2.35. The third kappa shape index (κ3) is 4.41. The molecule has 1 aliphatic heterocycles. The Hall–Kier alpha value is -2.27. The minimum atomic E-state index is -1.04. The number of hydrogen-bond donors (Lipinski definition) is 0. The fourth-order valence-corrected chi connectivity index (χ4v) is 3.43. The Bertz CT molecular complexity index is 827. The van der Waals surface area contributed by atoms with Gasteiger partial charge in [0, 0.05) is 23.1 Å². The first kappa shape index (κ1) is 20.5. The minimum absolute atomic E-state index is 0.0115. The van der Waals surface area contributed by atoms with Gasteiger partial charge in [-0.15, -0.1) is 6.58 Å². The van der Waals surface area contributed by atoms with E-state index in [0.29, 0.717) is 31.8 Å². The third-order valence-corrected chi connectivity index (χ3v) is 5.12. The molecule has 2 aromatic carbocycles. The van der Waals surface area contributed by atoms with E-state index in [1.807, 2.05) is 6.92 Å². The molecule has 1 fully saturated rings. The van der Waals surface area contributed by atoms with E-state index in [0.717, 1.165) is 12.8 Å². The molecule has 0 N–H and O–H groups in total. The van der Waals surface area contributed by atoms with Gasteiger partial charge in [0.25, 0.3) is 0 Å². The molecule has 1 heterocycles. The molecule has 28 heavy (non-hydrogen) atoms. The van der Waals surface area contributed by atoms with Gasteiger partial charge in [-0.05, 0) is 37.0 Å². The molecule has 2 nitrogen and oxygen atoms in total. The van der Waals surface area contributed by atoms with Crippen LogP contribution in [0.5, 0.6) is 5.75 Å². The fourth-order valence-electron chi connectivity index (χ4n) is 3.43. The van der Waals surface area contributed by atoms with Gasteiger partial charge in [-0.25, -0.2) is 13.2 Å². The third-order valence-electron chi connectivity index (χ3n) is 5.12. The van der Waals surface area contributed by atoms with Crippen LogP contribution in [-0.2, 0) is 4.74 Å². The second kappa shape index (κ2) is 9.28. The SMILES string of the molecule is C=CC1CCC(c2ccc(-c3ccc(OCCCC)cc3F)c(F)c2F)CO1. The Kier molecular flexibility index (Phi) is 6.79. The van der Waals surface area contributed by atoms with Gasteiger partial charge in [-0.2, -0.15) is 0 Å². The van der Waals surface area contributed by atoms with Crippen LogP contribution in [0.25, 0.3) is 11.1 Å². The monoisotopic (exact) mass is 390 g/mol. The maximum Gasteiger partial charge on any atom is 0.167 e. The molecular formula is C23H25F3O2. The van der Waals surface area contributed by atoms with Crippen molar-refractivity contribution in [2.45, 2.75) is 44.6 Å². The van der Waals surface area contributed by atoms with Gasteiger partial charge in [0.1, 0.15) is 11.6 Å². The quantitative estimate of drug-likeness (QED) is 0.402. The summed E-state index contributed by atoms with van der Waals surface area (Å²) in [5.41, 5.74) is 0.181. The van der Waals surface area contributed by atoms with E-state index in [9.17, 15) is 13.2 Å². The Morgan fingerprint density at radius 3 is 2.54 bits per heavy atom. The van der Waals surface area contributed by atoms with Crippen molar-refractivity contribution in [3.63, 3.8) is 0 Å². The molecule has 0 aromatic heterocycles. The average Bonchev–Trinajstić information content (AvgIpc) is 2.71. The topological polar surface area (TPSA) is 18.5 Å². The summed E-state index contributed by atoms with van der Waals surface area (Å²) < 4.78 is 55.0. The van der Waals surface area contributed by atoms with Gasteiger partial charge in [0.15, 0.2) is 11.6 Å². The Morgan fingerprint density at radius 1 is 1.11 bits per heavy atom. The number of unbranched alkanes of at least 4 members (excludes halogenated alkanes) is 1. The standard InChI is InChI=1S/C23H25F3O2/c1-3-5-12-27-17-8-9-19(21(24)13-17)20-11-10-18(22(25)23(20)26)15-6-7-16(4-2)28-14-15/h4,8-11,13,15-16H,2-3,5-7,12,14H2,1H3. The summed E-state index contributed by atoms with van der Waals surface area (Å²) in [6, 6.07) is 7.17. The smallest absolute Gasteiger partial charge is 0.167 e. The summed E-state index contributed by atoms with van der Waals surface area (Å²) >= 11 is 0. The van der Waals surface area contributed by atoms with E-state index in [4.69, 9.17) is 9.47 Å². The van der Waals surface area contributed by atoms with Crippen LogP contribution in [0.4, 0.5) is 13.2 Å². The molecular weight excluding hydrogens is 365 g/mol. The van der Waals surface area contributed by atoms with Crippen molar-refractivity contribution in [3.05, 3.63) is 66.0 Å². The highest BCUT2D eigenvalue weighted by molar-refractivity contribution is 5.66. The predicted octanol–water partition coefficient (Wildman–Crippen LogP) is 6.40. The van der Waals surface area contributed by atoms with E-state index >= 15 is 0 Å². The van der Waals surface area contributed by atoms with E-state index < -0.39 is 17.5 Å². The predicted molar refractivity (Wildman–Crippen MR) is 104 cm³/mol.